The van der Waals surface area contributed by atoms with Crippen molar-refractivity contribution >= 4 is 11.8 Å². The zero-order valence-corrected chi connectivity index (χ0v) is 8.40. The molecule has 0 aromatic heterocycles. The lowest BCUT2D eigenvalue weighted by molar-refractivity contribution is 0.0818. The van der Waals surface area contributed by atoms with E-state index >= 15 is 0 Å². The third-order valence-corrected chi connectivity index (χ3v) is 4.05. The number of hydrogen-bond acceptors (Lipinski definition) is 3. The van der Waals surface area contributed by atoms with Gasteiger partial charge in [0.15, 0.2) is 0 Å². The Balaban J connectivity index is 1.96. The second-order valence-electron chi connectivity index (χ2n) is 3.74. The van der Waals surface area contributed by atoms with E-state index in [1.165, 1.54) is 18.6 Å². The number of ether oxygens (including phenoxy) is 1. The Hall–Kier alpha value is 0.270. The fourth-order valence-electron chi connectivity index (χ4n) is 1.91. The molecule has 0 radical (unpaired) electrons. The molecule has 2 rings (SSSR count). The Bertz CT molecular complexity index is 153. The van der Waals surface area contributed by atoms with Gasteiger partial charge in [-0.2, -0.15) is 11.8 Å². The predicted octanol–water partition coefficient (Wildman–Crippen LogP) is 1.26. The van der Waals surface area contributed by atoms with E-state index in [4.69, 9.17) is 4.74 Å². The van der Waals surface area contributed by atoms with Crippen molar-refractivity contribution in [3.05, 3.63) is 0 Å². The molecule has 12 heavy (non-hydrogen) atoms. The Kier molecular flexibility index (Phi) is 2.94. The van der Waals surface area contributed by atoms with Crippen molar-refractivity contribution in [1.82, 2.24) is 5.32 Å². The molecule has 0 saturated carbocycles. The molecule has 3 unspecified atom stereocenters. The molecule has 2 fully saturated rings. The van der Waals surface area contributed by atoms with Gasteiger partial charge in [0.05, 0.1) is 6.61 Å². The summed E-state index contributed by atoms with van der Waals surface area (Å²) in [6.45, 7) is 4.19. The van der Waals surface area contributed by atoms with Crippen LogP contribution >= 0.6 is 11.8 Å². The summed E-state index contributed by atoms with van der Waals surface area (Å²) in [6, 6.07) is 1.41. The molecule has 2 aliphatic rings. The average Bonchev–Trinajstić information content (AvgIpc) is 2.25. The molecule has 2 heterocycles. The highest BCUT2D eigenvalue weighted by atomic mass is 32.2. The Morgan fingerprint density at radius 2 is 2.33 bits per heavy atom. The van der Waals surface area contributed by atoms with Crippen LogP contribution in [0, 0.1) is 0 Å². The standard InChI is InChI=1S/C9H17NOS/c1-7-3-5-12-9-6-11-4-2-8(9)10-7/h7-10H,2-6H2,1H3. The van der Waals surface area contributed by atoms with Crippen molar-refractivity contribution < 1.29 is 4.74 Å². The van der Waals surface area contributed by atoms with Gasteiger partial charge in [0.25, 0.3) is 0 Å². The van der Waals surface area contributed by atoms with Gasteiger partial charge in [-0.3, -0.25) is 0 Å². The molecule has 0 bridgehead atoms. The molecule has 2 aliphatic heterocycles. The van der Waals surface area contributed by atoms with Crippen LogP contribution in [0.4, 0.5) is 0 Å². The van der Waals surface area contributed by atoms with Crippen molar-refractivity contribution in [2.24, 2.45) is 0 Å². The SMILES string of the molecule is CC1CCSC2COCCC2N1. The van der Waals surface area contributed by atoms with Crippen LogP contribution in [0.1, 0.15) is 19.8 Å². The van der Waals surface area contributed by atoms with Crippen LogP contribution in [0.25, 0.3) is 0 Å². The summed E-state index contributed by atoms with van der Waals surface area (Å²) in [5.41, 5.74) is 0. The highest BCUT2D eigenvalue weighted by Gasteiger charge is 2.29. The van der Waals surface area contributed by atoms with Gasteiger partial charge in [0.1, 0.15) is 0 Å². The molecule has 3 atom stereocenters. The second-order valence-corrected chi connectivity index (χ2v) is 5.08. The first kappa shape index (κ1) is 8.85. The Labute approximate surface area is 78.4 Å². The van der Waals surface area contributed by atoms with Gasteiger partial charge in [0.2, 0.25) is 0 Å². The van der Waals surface area contributed by atoms with Crippen LogP contribution in [0.2, 0.25) is 0 Å². The fraction of sp³-hybridized carbons (Fsp3) is 1.00. The number of nitrogens with one attached hydrogen (secondary N) is 1. The van der Waals surface area contributed by atoms with Crippen molar-refractivity contribution in [3.8, 4) is 0 Å². The van der Waals surface area contributed by atoms with Gasteiger partial charge < -0.3 is 10.1 Å². The van der Waals surface area contributed by atoms with E-state index in [1.807, 2.05) is 0 Å². The third kappa shape index (κ3) is 1.95. The molecule has 2 nitrogen and oxygen atoms in total. The fourth-order valence-corrected chi connectivity index (χ4v) is 3.34. The zero-order chi connectivity index (χ0) is 8.39. The van der Waals surface area contributed by atoms with Crippen molar-refractivity contribution in [2.75, 3.05) is 19.0 Å². The molecule has 3 heteroatoms. The Morgan fingerprint density at radius 3 is 3.25 bits per heavy atom. The van der Waals surface area contributed by atoms with E-state index in [-0.39, 0.29) is 0 Å². The largest absolute Gasteiger partial charge is 0.380 e. The maximum Gasteiger partial charge on any atom is 0.0600 e. The van der Waals surface area contributed by atoms with Crippen LogP contribution in [-0.4, -0.2) is 36.3 Å². The van der Waals surface area contributed by atoms with E-state index in [0.29, 0.717) is 17.3 Å². The lowest BCUT2D eigenvalue weighted by atomic mass is 10.1. The summed E-state index contributed by atoms with van der Waals surface area (Å²) in [5, 5.41) is 4.39. The van der Waals surface area contributed by atoms with E-state index in [1.54, 1.807) is 0 Å². The minimum absolute atomic E-state index is 0.700. The van der Waals surface area contributed by atoms with Gasteiger partial charge in [-0.15, -0.1) is 0 Å². The number of fused-ring (bicyclic) bond motifs is 1. The average molecular weight is 187 g/mol. The minimum atomic E-state index is 0.700. The third-order valence-electron chi connectivity index (χ3n) is 2.69. The first-order valence-corrected chi connectivity index (χ1v) is 5.86. The normalized spacial score (nSPS) is 43.2. The van der Waals surface area contributed by atoms with Crippen LogP contribution < -0.4 is 5.32 Å². The lowest BCUT2D eigenvalue weighted by Gasteiger charge is -2.30. The highest BCUT2D eigenvalue weighted by Crippen LogP contribution is 2.25. The quantitative estimate of drug-likeness (QED) is 0.617. The van der Waals surface area contributed by atoms with Crippen LogP contribution in [0.3, 0.4) is 0 Å². The molecule has 2 saturated heterocycles. The lowest BCUT2D eigenvalue weighted by Crippen LogP contribution is -2.46. The predicted molar refractivity (Wildman–Crippen MR) is 52.7 cm³/mol. The maximum absolute atomic E-state index is 5.47. The van der Waals surface area contributed by atoms with E-state index in [2.05, 4.69) is 24.0 Å². The topological polar surface area (TPSA) is 21.3 Å². The van der Waals surface area contributed by atoms with Crippen molar-refractivity contribution in [2.45, 2.75) is 37.1 Å². The maximum atomic E-state index is 5.47. The minimum Gasteiger partial charge on any atom is -0.380 e. The molecule has 70 valence electrons. The zero-order valence-electron chi connectivity index (χ0n) is 7.58. The van der Waals surface area contributed by atoms with Crippen LogP contribution in [0.5, 0.6) is 0 Å². The molecule has 0 spiro atoms. The molecule has 0 aromatic carbocycles. The number of thioether (sulfide) groups is 1. The van der Waals surface area contributed by atoms with Crippen LogP contribution in [0.15, 0.2) is 0 Å². The van der Waals surface area contributed by atoms with E-state index < -0.39 is 0 Å². The van der Waals surface area contributed by atoms with Crippen LogP contribution in [-0.2, 0) is 4.74 Å². The first-order valence-electron chi connectivity index (χ1n) is 4.81. The first-order chi connectivity index (χ1) is 5.86. The van der Waals surface area contributed by atoms with E-state index in [9.17, 15) is 0 Å². The molecule has 0 aromatic rings. The molecule has 0 amide bonds. The van der Waals surface area contributed by atoms with Crippen molar-refractivity contribution in [3.63, 3.8) is 0 Å². The summed E-state index contributed by atoms with van der Waals surface area (Å²) >= 11 is 2.08. The summed E-state index contributed by atoms with van der Waals surface area (Å²) in [6.07, 6.45) is 2.50. The second kappa shape index (κ2) is 3.99. The van der Waals surface area contributed by atoms with Gasteiger partial charge in [0, 0.05) is 23.9 Å². The summed E-state index contributed by atoms with van der Waals surface area (Å²) < 4.78 is 5.47. The molecular weight excluding hydrogens is 170 g/mol. The molecule has 0 aliphatic carbocycles. The summed E-state index contributed by atoms with van der Waals surface area (Å²) in [7, 11) is 0. The van der Waals surface area contributed by atoms with E-state index in [0.717, 1.165) is 13.2 Å². The number of rotatable bonds is 0. The molecular formula is C9H17NOS. The Morgan fingerprint density at radius 1 is 1.42 bits per heavy atom. The van der Waals surface area contributed by atoms with Gasteiger partial charge in [-0.25, -0.2) is 0 Å². The van der Waals surface area contributed by atoms with Gasteiger partial charge >= 0.3 is 0 Å². The van der Waals surface area contributed by atoms with Crippen molar-refractivity contribution in [1.29, 1.82) is 0 Å². The van der Waals surface area contributed by atoms with Gasteiger partial charge in [-0.05, 0) is 25.5 Å². The number of hydrogen-bond donors (Lipinski definition) is 1. The summed E-state index contributed by atoms with van der Waals surface area (Å²) in [4.78, 5) is 0. The molecule has 1 N–H and O–H groups in total. The van der Waals surface area contributed by atoms with Gasteiger partial charge in [-0.1, -0.05) is 0 Å². The highest BCUT2D eigenvalue weighted by molar-refractivity contribution is 8.00. The summed E-state index contributed by atoms with van der Waals surface area (Å²) in [5.74, 6) is 1.29. The smallest absolute Gasteiger partial charge is 0.0600 e. The monoisotopic (exact) mass is 187 g/mol.